The molecule has 3 aliphatic rings. The van der Waals surface area contributed by atoms with Crippen molar-refractivity contribution in [2.45, 2.75) is 38.3 Å². The van der Waals surface area contributed by atoms with Crippen molar-refractivity contribution in [2.75, 3.05) is 13.2 Å². The van der Waals surface area contributed by atoms with Crippen LogP contribution < -0.4 is 10.5 Å². The number of thiazole rings is 1. The SMILES string of the molecule is Cc1nc(C(=O)N2[C@H](CN)C[C@@H]3C[C@@H]32)c(-c2ccc(Br)cc2)s1.O=C(O)c1cccc2c1CCO2. The number of hydrogen-bond donors (Lipinski definition) is 2. The Morgan fingerprint density at radius 2 is 2.00 bits per heavy atom. The number of nitrogens with zero attached hydrogens (tertiary/aromatic N) is 2. The van der Waals surface area contributed by atoms with Gasteiger partial charge in [-0.25, -0.2) is 9.78 Å². The van der Waals surface area contributed by atoms with Crippen LogP contribution in [0.2, 0.25) is 0 Å². The lowest BCUT2D eigenvalue weighted by atomic mass is 10.1. The molecule has 1 saturated heterocycles. The van der Waals surface area contributed by atoms with Gasteiger partial charge < -0.3 is 20.5 Å². The number of carboxylic acid groups (broad SMARTS) is 1. The third kappa shape index (κ3) is 4.72. The Bertz CT molecular complexity index is 1280. The first kappa shape index (κ1) is 24.0. The molecule has 1 aromatic heterocycles. The molecule has 9 heteroatoms. The van der Waals surface area contributed by atoms with Gasteiger partial charge >= 0.3 is 5.97 Å². The lowest BCUT2D eigenvalue weighted by molar-refractivity contribution is 0.0689. The molecule has 3 N–H and O–H groups in total. The standard InChI is InChI=1S/C17H18BrN3OS.C9H8O3/c1-9-20-15(16(23-9)10-2-4-12(18)5-3-10)17(22)21-13(8-19)6-11-7-14(11)21;10-9(11)7-2-1-3-8-6(7)4-5-12-8/h2-5,11,13-14H,6-8,19H2,1H3;1-3H,4-5H2,(H,10,11)/t11-,13+,14+;/m1./s1. The van der Waals surface area contributed by atoms with Crippen molar-refractivity contribution in [1.82, 2.24) is 9.88 Å². The number of aromatic nitrogens is 1. The highest BCUT2D eigenvalue weighted by molar-refractivity contribution is 9.10. The second-order valence-corrected chi connectivity index (χ2v) is 11.1. The maximum atomic E-state index is 13.1. The molecule has 35 heavy (non-hydrogen) atoms. The Balaban J connectivity index is 0.000000178. The van der Waals surface area contributed by atoms with Crippen molar-refractivity contribution in [3.63, 3.8) is 0 Å². The van der Waals surface area contributed by atoms with E-state index in [4.69, 9.17) is 15.6 Å². The Morgan fingerprint density at radius 3 is 2.71 bits per heavy atom. The molecule has 2 fully saturated rings. The number of carbonyl (C=O) groups excluding carboxylic acids is 1. The zero-order valence-corrected chi connectivity index (χ0v) is 21.6. The van der Waals surface area contributed by atoms with Gasteiger partial charge in [-0.15, -0.1) is 11.3 Å². The Labute approximate surface area is 216 Å². The normalized spacial score (nSPS) is 21.5. The van der Waals surface area contributed by atoms with Crippen LogP contribution in [-0.4, -0.2) is 52.1 Å². The number of amides is 1. The molecular weight excluding hydrogens is 530 g/mol. The van der Waals surface area contributed by atoms with Gasteiger partial charge in [0.1, 0.15) is 11.4 Å². The van der Waals surface area contributed by atoms with Crippen LogP contribution in [0.15, 0.2) is 46.9 Å². The van der Waals surface area contributed by atoms with Crippen molar-refractivity contribution in [3.8, 4) is 16.2 Å². The van der Waals surface area contributed by atoms with Gasteiger partial charge in [-0.3, -0.25) is 4.79 Å². The number of fused-ring (bicyclic) bond motifs is 2. The highest BCUT2D eigenvalue weighted by Crippen LogP contribution is 2.48. The fourth-order valence-corrected chi connectivity index (χ4v) is 6.18. The number of carboxylic acids is 1. The van der Waals surface area contributed by atoms with E-state index < -0.39 is 5.97 Å². The Hall–Kier alpha value is -2.75. The average Bonchev–Trinajstić information content (AvgIpc) is 3.19. The maximum absolute atomic E-state index is 13.1. The minimum absolute atomic E-state index is 0.0488. The van der Waals surface area contributed by atoms with Crippen LogP contribution in [0.5, 0.6) is 5.75 Å². The summed E-state index contributed by atoms with van der Waals surface area (Å²) in [5, 5.41) is 9.71. The first-order chi connectivity index (χ1) is 16.9. The predicted molar refractivity (Wildman–Crippen MR) is 138 cm³/mol. The highest BCUT2D eigenvalue weighted by atomic mass is 79.9. The predicted octanol–water partition coefficient (Wildman–Crippen LogP) is 4.76. The van der Waals surface area contributed by atoms with E-state index in [-0.39, 0.29) is 11.9 Å². The first-order valence-electron chi connectivity index (χ1n) is 11.6. The summed E-state index contributed by atoms with van der Waals surface area (Å²) in [6.45, 7) is 3.09. The number of piperidine rings is 1. The van der Waals surface area contributed by atoms with Crippen LogP contribution in [-0.2, 0) is 6.42 Å². The second kappa shape index (κ2) is 9.72. The minimum Gasteiger partial charge on any atom is -0.493 e. The van der Waals surface area contributed by atoms with E-state index in [2.05, 4.69) is 20.9 Å². The summed E-state index contributed by atoms with van der Waals surface area (Å²) in [5.41, 5.74) is 8.69. The molecule has 1 aliphatic carbocycles. The number of benzene rings is 2. The van der Waals surface area contributed by atoms with Crippen molar-refractivity contribution < 1.29 is 19.4 Å². The van der Waals surface area contributed by atoms with Crippen LogP contribution >= 0.6 is 27.3 Å². The summed E-state index contributed by atoms with van der Waals surface area (Å²) in [6, 6.07) is 13.7. The molecule has 0 radical (unpaired) electrons. The smallest absolute Gasteiger partial charge is 0.336 e. The van der Waals surface area contributed by atoms with E-state index in [1.54, 1.807) is 29.5 Å². The lowest BCUT2D eigenvalue weighted by Gasteiger charge is -2.26. The molecule has 1 amide bonds. The third-order valence-electron chi connectivity index (χ3n) is 6.73. The number of ether oxygens (including phenoxy) is 1. The van der Waals surface area contributed by atoms with Crippen LogP contribution in [0.1, 0.15) is 44.3 Å². The zero-order valence-electron chi connectivity index (χ0n) is 19.2. The third-order valence-corrected chi connectivity index (χ3v) is 8.28. The quantitative estimate of drug-likeness (QED) is 0.480. The fourth-order valence-electron chi connectivity index (χ4n) is 5.00. The molecule has 2 aromatic carbocycles. The largest absolute Gasteiger partial charge is 0.493 e. The summed E-state index contributed by atoms with van der Waals surface area (Å²) in [7, 11) is 0. The van der Waals surface area contributed by atoms with Gasteiger partial charge in [0.15, 0.2) is 0 Å². The monoisotopic (exact) mass is 555 g/mol. The molecule has 1 saturated carbocycles. The van der Waals surface area contributed by atoms with Crippen molar-refractivity contribution in [1.29, 1.82) is 0 Å². The van der Waals surface area contributed by atoms with E-state index in [1.807, 2.05) is 36.1 Å². The highest BCUT2D eigenvalue weighted by Gasteiger charge is 2.54. The number of halogens is 1. The molecule has 6 rings (SSSR count). The van der Waals surface area contributed by atoms with E-state index in [0.717, 1.165) is 44.1 Å². The molecule has 0 bridgehead atoms. The number of aryl methyl sites for hydroxylation is 1. The van der Waals surface area contributed by atoms with Crippen LogP contribution in [0.4, 0.5) is 0 Å². The molecule has 7 nitrogen and oxygen atoms in total. The van der Waals surface area contributed by atoms with Gasteiger partial charge in [0.05, 0.1) is 22.1 Å². The van der Waals surface area contributed by atoms with Gasteiger partial charge in [0.25, 0.3) is 5.91 Å². The molecule has 182 valence electrons. The van der Waals surface area contributed by atoms with E-state index >= 15 is 0 Å². The first-order valence-corrected chi connectivity index (χ1v) is 13.2. The molecule has 3 heterocycles. The van der Waals surface area contributed by atoms with E-state index in [1.165, 1.54) is 0 Å². The molecule has 3 aromatic rings. The average molecular weight is 556 g/mol. The van der Waals surface area contributed by atoms with Crippen molar-refractivity contribution >= 4 is 39.1 Å². The van der Waals surface area contributed by atoms with Crippen molar-refractivity contribution in [2.24, 2.45) is 11.7 Å². The van der Waals surface area contributed by atoms with Gasteiger partial charge in [-0.2, -0.15) is 0 Å². The summed E-state index contributed by atoms with van der Waals surface area (Å²) >= 11 is 5.03. The van der Waals surface area contributed by atoms with Gasteiger partial charge in [-0.1, -0.05) is 34.1 Å². The van der Waals surface area contributed by atoms with Crippen LogP contribution in [0.3, 0.4) is 0 Å². The topological polar surface area (TPSA) is 106 Å². The molecule has 3 atom stereocenters. The molecule has 2 aliphatic heterocycles. The zero-order chi connectivity index (χ0) is 24.7. The Kier molecular flexibility index (Phi) is 6.65. The number of hydrogen-bond acceptors (Lipinski definition) is 6. The number of rotatable bonds is 4. The lowest BCUT2D eigenvalue weighted by Crippen LogP contribution is -2.42. The number of carbonyl (C=O) groups is 2. The Morgan fingerprint density at radius 1 is 1.23 bits per heavy atom. The van der Waals surface area contributed by atoms with Crippen LogP contribution in [0.25, 0.3) is 10.4 Å². The minimum atomic E-state index is -0.877. The number of aromatic carboxylic acids is 1. The number of nitrogens with two attached hydrogens (primary N) is 1. The molecule has 0 spiro atoms. The van der Waals surface area contributed by atoms with E-state index in [9.17, 15) is 9.59 Å². The van der Waals surface area contributed by atoms with Gasteiger partial charge in [-0.05, 0) is 55.5 Å². The fraction of sp³-hybridized carbons (Fsp3) is 0.346. The number of likely N-dealkylation sites (tertiary alicyclic amines) is 1. The second-order valence-electron chi connectivity index (χ2n) is 9.00. The summed E-state index contributed by atoms with van der Waals surface area (Å²) in [5.74, 6) is 0.545. The van der Waals surface area contributed by atoms with Gasteiger partial charge in [0, 0.05) is 35.1 Å². The molecule has 0 unspecified atom stereocenters. The maximum Gasteiger partial charge on any atom is 0.336 e. The summed E-state index contributed by atoms with van der Waals surface area (Å²) in [4.78, 5) is 31.3. The van der Waals surface area contributed by atoms with Gasteiger partial charge in [0.2, 0.25) is 0 Å². The van der Waals surface area contributed by atoms with E-state index in [0.29, 0.717) is 42.8 Å². The summed E-state index contributed by atoms with van der Waals surface area (Å²) < 4.78 is 6.25. The molecular formula is C26H26BrN3O4S. The van der Waals surface area contributed by atoms with Crippen molar-refractivity contribution in [3.05, 3.63) is 68.8 Å². The summed E-state index contributed by atoms with van der Waals surface area (Å²) in [6.07, 6.45) is 2.88. The van der Waals surface area contributed by atoms with Crippen LogP contribution in [0, 0.1) is 12.8 Å².